The maximum atomic E-state index is 12.7. The Bertz CT molecular complexity index is 1250. The molecule has 6 heteroatoms. The summed E-state index contributed by atoms with van der Waals surface area (Å²) in [7, 11) is 0. The van der Waals surface area contributed by atoms with Crippen molar-refractivity contribution < 1.29 is 4.79 Å². The van der Waals surface area contributed by atoms with Crippen molar-refractivity contribution in [2.75, 3.05) is 12.3 Å². The molecule has 2 aromatic carbocycles. The molecule has 0 fully saturated rings. The second kappa shape index (κ2) is 8.38. The summed E-state index contributed by atoms with van der Waals surface area (Å²) in [5.41, 5.74) is 11.3. The number of amides is 1. The molecule has 1 amide bonds. The Kier molecular flexibility index (Phi) is 5.28. The van der Waals surface area contributed by atoms with Gasteiger partial charge in [0.15, 0.2) is 5.82 Å². The highest BCUT2D eigenvalue weighted by molar-refractivity contribution is 6.07. The second-order valence-electron chi connectivity index (χ2n) is 8.25. The molecule has 5 rings (SSSR count). The predicted octanol–water partition coefficient (Wildman–Crippen LogP) is 4.26. The number of aromatic nitrogens is 3. The van der Waals surface area contributed by atoms with Crippen LogP contribution in [0.25, 0.3) is 21.8 Å². The van der Waals surface area contributed by atoms with E-state index in [1.807, 2.05) is 48.8 Å². The normalized spacial score (nSPS) is 13.4. The van der Waals surface area contributed by atoms with Gasteiger partial charge < -0.3 is 15.6 Å². The first kappa shape index (κ1) is 19.5. The maximum Gasteiger partial charge on any atom is 0.251 e. The molecule has 3 N–H and O–H groups in total. The third kappa shape index (κ3) is 3.74. The largest absolute Gasteiger partial charge is 0.382 e. The van der Waals surface area contributed by atoms with Crippen LogP contribution in [-0.4, -0.2) is 27.0 Å². The molecule has 2 heterocycles. The van der Waals surface area contributed by atoms with E-state index in [0.717, 1.165) is 65.3 Å². The molecule has 0 bridgehead atoms. The van der Waals surface area contributed by atoms with Gasteiger partial charge in [-0.3, -0.25) is 4.79 Å². The number of carbonyl (C=O) groups excluding carboxylic acids is 1. The Morgan fingerprint density at radius 3 is 2.84 bits per heavy atom. The Morgan fingerprint density at radius 1 is 1.06 bits per heavy atom. The Morgan fingerprint density at radius 2 is 1.90 bits per heavy atom. The molecule has 6 nitrogen and oxygen atoms in total. The van der Waals surface area contributed by atoms with Crippen molar-refractivity contribution in [2.24, 2.45) is 0 Å². The van der Waals surface area contributed by atoms with Crippen molar-refractivity contribution >= 4 is 33.5 Å². The number of pyridine rings is 1. The Balaban J connectivity index is 1.22. The van der Waals surface area contributed by atoms with Crippen LogP contribution in [0.4, 0.5) is 5.82 Å². The quantitative estimate of drug-likeness (QED) is 0.463. The van der Waals surface area contributed by atoms with Crippen molar-refractivity contribution in [3.8, 4) is 0 Å². The summed E-state index contributed by atoms with van der Waals surface area (Å²) in [6.07, 6.45) is 8.16. The summed E-state index contributed by atoms with van der Waals surface area (Å²) in [6, 6.07) is 13.8. The van der Waals surface area contributed by atoms with Crippen LogP contribution in [0.1, 0.15) is 47.3 Å². The van der Waals surface area contributed by atoms with Gasteiger partial charge in [-0.1, -0.05) is 36.4 Å². The van der Waals surface area contributed by atoms with Gasteiger partial charge in [-0.05, 0) is 60.9 Å². The first-order chi connectivity index (χ1) is 15.2. The maximum absolute atomic E-state index is 12.7. The zero-order valence-corrected chi connectivity index (χ0v) is 17.6. The molecular weight excluding hydrogens is 386 g/mol. The number of hydrogen-bond donors (Lipinski definition) is 2. The van der Waals surface area contributed by atoms with Crippen molar-refractivity contribution in [3.63, 3.8) is 0 Å². The van der Waals surface area contributed by atoms with Crippen LogP contribution in [0, 0.1) is 0 Å². The molecule has 158 valence electrons. The molecule has 0 spiro atoms. The average molecular weight is 414 g/mol. The topological polar surface area (TPSA) is 85.8 Å². The minimum absolute atomic E-state index is 0.0159. The highest BCUT2D eigenvalue weighted by atomic mass is 16.1. The molecule has 0 radical (unpaired) electrons. The van der Waals surface area contributed by atoms with Crippen LogP contribution in [0.2, 0.25) is 0 Å². The van der Waals surface area contributed by atoms with Crippen LogP contribution < -0.4 is 11.1 Å². The van der Waals surface area contributed by atoms with Gasteiger partial charge in [0, 0.05) is 24.3 Å². The van der Waals surface area contributed by atoms with Gasteiger partial charge >= 0.3 is 0 Å². The third-order valence-electron chi connectivity index (χ3n) is 6.21. The number of nitrogens with one attached hydrogen (secondary N) is 1. The Hall–Kier alpha value is -3.41. The van der Waals surface area contributed by atoms with Crippen LogP contribution in [0.15, 0.2) is 48.8 Å². The molecule has 0 unspecified atom stereocenters. The van der Waals surface area contributed by atoms with Crippen molar-refractivity contribution in [2.45, 2.75) is 45.1 Å². The number of hydrogen-bond acceptors (Lipinski definition) is 4. The van der Waals surface area contributed by atoms with E-state index in [-0.39, 0.29) is 5.91 Å². The number of rotatable bonds is 6. The molecule has 1 aliphatic carbocycles. The number of nitrogen functional groups attached to an aromatic ring is 1. The van der Waals surface area contributed by atoms with Gasteiger partial charge in [0.1, 0.15) is 5.52 Å². The minimum Gasteiger partial charge on any atom is -0.382 e. The van der Waals surface area contributed by atoms with Gasteiger partial charge in [0.05, 0.1) is 11.8 Å². The summed E-state index contributed by atoms with van der Waals surface area (Å²) in [6.45, 7) is 1.51. The van der Waals surface area contributed by atoms with E-state index in [4.69, 9.17) is 5.73 Å². The highest BCUT2D eigenvalue weighted by Crippen LogP contribution is 2.30. The van der Waals surface area contributed by atoms with Crippen LogP contribution >= 0.6 is 0 Å². The first-order valence-electron chi connectivity index (χ1n) is 11.1. The molecule has 4 aromatic rings. The summed E-state index contributed by atoms with van der Waals surface area (Å²) in [5.74, 6) is 0.523. The molecule has 1 aliphatic rings. The summed E-state index contributed by atoms with van der Waals surface area (Å²) in [4.78, 5) is 21.8. The van der Waals surface area contributed by atoms with Crippen LogP contribution in [0.3, 0.4) is 0 Å². The average Bonchev–Trinajstić information content (AvgIpc) is 3.23. The number of carbonyl (C=O) groups is 1. The van der Waals surface area contributed by atoms with Crippen LogP contribution in [0.5, 0.6) is 0 Å². The summed E-state index contributed by atoms with van der Waals surface area (Å²) < 4.78 is 2.21. The van der Waals surface area contributed by atoms with Crippen molar-refractivity contribution in [1.29, 1.82) is 0 Å². The number of unbranched alkanes of at least 4 members (excludes halogenated alkanes) is 1. The summed E-state index contributed by atoms with van der Waals surface area (Å²) in [5, 5.41) is 5.15. The molecule has 0 saturated heterocycles. The lowest BCUT2D eigenvalue weighted by Crippen LogP contribution is -2.24. The predicted molar refractivity (Wildman–Crippen MR) is 124 cm³/mol. The van der Waals surface area contributed by atoms with Gasteiger partial charge in [-0.25, -0.2) is 9.97 Å². The zero-order valence-electron chi connectivity index (χ0n) is 17.6. The minimum atomic E-state index is -0.0159. The standard InChI is InChI=1S/C25H27N5O/c26-24-22-23(20-11-3-4-13-21(20)29-24)30(16-28-22)15-6-5-14-27-25(31)19-12-7-9-17-8-1-2-10-18(17)19/h1-2,7-10,12,16H,3-6,11,13-15H2,(H2,26,29)(H,27,31). The molecule has 0 saturated carbocycles. The number of aryl methyl sites for hydroxylation is 3. The first-order valence-corrected chi connectivity index (χ1v) is 11.1. The molecule has 31 heavy (non-hydrogen) atoms. The molecule has 2 aromatic heterocycles. The van der Waals surface area contributed by atoms with E-state index in [1.165, 1.54) is 18.4 Å². The SMILES string of the molecule is Nc1nc2c(c3c1ncn3CCCCNC(=O)c1cccc3ccccc13)CCCC2. The lowest BCUT2D eigenvalue weighted by Gasteiger charge is -2.17. The third-order valence-corrected chi connectivity index (χ3v) is 6.21. The Labute approximate surface area is 181 Å². The smallest absolute Gasteiger partial charge is 0.251 e. The second-order valence-corrected chi connectivity index (χ2v) is 8.25. The van der Waals surface area contributed by atoms with E-state index >= 15 is 0 Å². The number of anilines is 1. The molecule has 0 atom stereocenters. The highest BCUT2D eigenvalue weighted by Gasteiger charge is 2.19. The van der Waals surface area contributed by atoms with Crippen molar-refractivity contribution in [3.05, 3.63) is 65.6 Å². The fourth-order valence-electron chi connectivity index (χ4n) is 4.65. The van der Waals surface area contributed by atoms with Gasteiger partial charge in [0.25, 0.3) is 5.91 Å². The number of nitrogens with two attached hydrogens (primary N) is 1. The van der Waals surface area contributed by atoms with Crippen molar-refractivity contribution in [1.82, 2.24) is 19.9 Å². The molecular formula is C25H27N5O. The number of fused-ring (bicyclic) bond motifs is 4. The van der Waals surface area contributed by atoms with E-state index in [1.54, 1.807) is 0 Å². The van der Waals surface area contributed by atoms with E-state index < -0.39 is 0 Å². The fraction of sp³-hybridized carbons (Fsp3) is 0.320. The monoisotopic (exact) mass is 413 g/mol. The van der Waals surface area contributed by atoms with Gasteiger partial charge in [0.2, 0.25) is 0 Å². The lowest BCUT2D eigenvalue weighted by atomic mass is 9.95. The van der Waals surface area contributed by atoms with E-state index in [2.05, 4.69) is 19.9 Å². The van der Waals surface area contributed by atoms with E-state index in [0.29, 0.717) is 12.4 Å². The van der Waals surface area contributed by atoms with Gasteiger partial charge in [-0.2, -0.15) is 0 Å². The number of benzene rings is 2. The number of imidazole rings is 1. The number of nitrogens with zero attached hydrogens (tertiary/aromatic N) is 3. The fourth-order valence-corrected chi connectivity index (χ4v) is 4.65. The summed E-state index contributed by atoms with van der Waals surface area (Å²) >= 11 is 0. The van der Waals surface area contributed by atoms with Crippen LogP contribution in [-0.2, 0) is 19.4 Å². The van der Waals surface area contributed by atoms with E-state index in [9.17, 15) is 4.79 Å². The molecule has 0 aliphatic heterocycles. The van der Waals surface area contributed by atoms with Gasteiger partial charge in [-0.15, -0.1) is 0 Å². The lowest BCUT2D eigenvalue weighted by molar-refractivity contribution is 0.0954. The zero-order chi connectivity index (χ0) is 21.2.